The van der Waals surface area contributed by atoms with E-state index in [-0.39, 0.29) is 40.6 Å². The maximum Gasteiger partial charge on any atom is 0.316 e. The van der Waals surface area contributed by atoms with Crippen molar-refractivity contribution in [2.24, 2.45) is 10.6 Å². The number of nitrogens with zero attached hydrogens (tertiary/aromatic N) is 3. The van der Waals surface area contributed by atoms with Crippen molar-refractivity contribution in [2.75, 3.05) is 30.6 Å². The van der Waals surface area contributed by atoms with Crippen LogP contribution >= 0.6 is 34.7 Å². The molecule has 3 aromatic rings. The molecule has 1 aromatic heterocycles. The zero-order valence-electron chi connectivity index (χ0n) is 22.3. The second kappa shape index (κ2) is 12.9. The van der Waals surface area contributed by atoms with Crippen molar-refractivity contribution in [1.29, 1.82) is 0 Å². The van der Waals surface area contributed by atoms with Crippen LogP contribution in [0.1, 0.15) is 22.9 Å². The number of hydrogen-bond donors (Lipinski definition) is 2. The summed E-state index contributed by atoms with van der Waals surface area (Å²) in [5.41, 5.74) is 0.521. The number of β-lactam (4-membered cyclic amide) rings is 1. The third kappa shape index (κ3) is 5.85. The summed E-state index contributed by atoms with van der Waals surface area (Å²) in [5.74, 6) is -1.28. The van der Waals surface area contributed by atoms with Crippen molar-refractivity contribution in [2.45, 2.75) is 17.5 Å². The van der Waals surface area contributed by atoms with Gasteiger partial charge in [-0.1, -0.05) is 65.8 Å². The van der Waals surface area contributed by atoms with Gasteiger partial charge in [0, 0.05) is 23.6 Å². The first-order valence-corrected chi connectivity index (χ1v) is 15.2. The Morgan fingerprint density at radius 3 is 2.45 bits per heavy atom. The number of oxime groups is 1. The highest BCUT2D eigenvalue weighted by molar-refractivity contribution is 8.00. The average molecular weight is 628 g/mol. The Balaban J connectivity index is 1.28. The van der Waals surface area contributed by atoms with Gasteiger partial charge in [-0.05, 0) is 11.1 Å². The molecular formula is C28H26ClN5O6S2. The SMILES string of the molecule is CON=C(C(=O)NC1C(=O)N2CC(CCl)(C(=O)OC(c3ccccc3)c3ccccc3)CS[C@H]12)c1csc(NC=O)n1. The lowest BCUT2D eigenvalue weighted by Gasteiger charge is -2.53. The van der Waals surface area contributed by atoms with Gasteiger partial charge in [-0.3, -0.25) is 19.2 Å². The van der Waals surface area contributed by atoms with Gasteiger partial charge >= 0.3 is 5.97 Å². The van der Waals surface area contributed by atoms with Crippen LogP contribution in [-0.4, -0.2) is 76.5 Å². The molecule has 14 heteroatoms. The Labute approximate surface area is 254 Å². The number of anilines is 1. The molecule has 2 aromatic carbocycles. The highest BCUT2D eigenvalue weighted by atomic mass is 35.5. The summed E-state index contributed by atoms with van der Waals surface area (Å²) in [6, 6.07) is 18.0. The molecule has 2 saturated heterocycles. The Morgan fingerprint density at radius 1 is 1.19 bits per heavy atom. The molecule has 42 heavy (non-hydrogen) atoms. The number of thioether (sulfide) groups is 1. The summed E-state index contributed by atoms with van der Waals surface area (Å²) < 4.78 is 6.11. The number of alkyl halides is 1. The van der Waals surface area contributed by atoms with E-state index in [1.165, 1.54) is 29.2 Å². The van der Waals surface area contributed by atoms with E-state index >= 15 is 0 Å². The first-order chi connectivity index (χ1) is 20.4. The number of ether oxygens (including phenoxy) is 1. The molecule has 0 saturated carbocycles. The Morgan fingerprint density at radius 2 is 1.86 bits per heavy atom. The van der Waals surface area contributed by atoms with Crippen LogP contribution in [0.2, 0.25) is 0 Å². The van der Waals surface area contributed by atoms with Gasteiger partial charge in [-0.2, -0.15) is 0 Å². The number of fused-ring (bicyclic) bond motifs is 1. The molecule has 3 heterocycles. The van der Waals surface area contributed by atoms with Gasteiger partial charge in [0.2, 0.25) is 12.3 Å². The van der Waals surface area contributed by atoms with Crippen molar-refractivity contribution in [3.8, 4) is 0 Å². The van der Waals surface area contributed by atoms with Crippen LogP contribution in [0.15, 0.2) is 71.2 Å². The lowest BCUT2D eigenvalue weighted by Crippen LogP contribution is -2.74. The molecule has 2 N–H and O–H groups in total. The molecule has 0 radical (unpaired) electrons. The van der Waals surface area contributed by atoms with E-state index in [1.54, 1.807) is 0 Å². The van der Waals surface area contributed by atoms with Gasteiger partial charge in [0.15, 0.2) is 16.9 Å². The Kier molecular flexibility index (Phi) is 9.09. The van der Waals surface area contributed by atoms with Crippen LogP contribution in [-0.2, 0) is 28.8 Å². The molecule has 0 spiro atoms. The van der Waals surface area contributed by atoms with E-state index in [0.717, 1.165) is 22.5 Å². The summed E-state index contributed by atoms with van der Waals surface area (Å²) >= 11 is 8.85. The maximum atomic E-state index is 13.7. The second-order valence-corrected chi connectivity index (χ2v) is 11.8. The Bertz CT molecular complexity index is 1450. The number of esters is 1. The number of aromatic nitrogens is 1. The number of benzene rings is 2. The second-order valence-electron chi connectivity index (χ2n) is 9.56. The highest BCUT2D eigenvalue weighted by Gasteiger charge is 2.58. The van der Waals surface area contributed by atoms with Gasteiger partial charge in [-0.25, -0.2) is 4.98 Å². The molecule has 0 bridgehead atoms. The predicted octanol–water partition coefficient (Wildman–Crippen LogP) is 3.02. The van der Waals surface area contributed by atoms with Gasteiger partial charge in [0.1, 0.15) is 29.6 Å². The van der Waals surface area contributed by atoms with Crippen molar-refractivity contribution in [3.63, 3.8) is 0 Å². The zero-order valence-corrected chi connectivity index (χ0v) is 24.7. The van der Waals surface area contributed by atoms with E-state index in [9.17, 15) is 19.2 Å². The molecule has 2 unspecified atom stereocenters. The first-order valence-electron chi connectivity index (χ1n) is 12.8. The minimum atomic E-state index is -1.14. The largest absolute Gasteiger partial charge is 0.452 e. The number of carbonyl (C=O) groups is 4. The van der Waals surface area contributed by atoms with E-state index in [1.807, 2.05) is 60.7 Å². The smallest absolute Gasteiger partial charge is 0.316 e. The standard InChI is InChI=1S/C28H26ClN5O6S2/c1-39-33-20(19-12-41-27(31-19)30-16-35)23(36)32-21-24(37)34-14-28(13-29,15-42-25(21)34)26(38)40-22(17-8-4-2-5-9-17)18-10-6-3-7-11-18/h2-12,16,21-22,25H,13-15H2,1H3,(H,32,36)(H,30,31,35)/t21?,25-,28?/m1/s1. The monoisotopic (exact) mass is 627 g/mol. The molecule has 2 aliphatic heterocycles. The molecular weight excluding hydrogens is 602 g/mol. The van der Waals surface area contributed by atoms with Crippen molar-refractivity contribution < 1.29 is 28.8 Å². The van der Waals surface area contributed by atoms with Crippen LogP contribution in [0.25, 0.3) is 0 Å². The summed E-state index contributed by atoms with van der Waals surface area (Å²) in [5, 5.41) is 10.3. The van der Waals surface area contributed by atoms with Crippen molar-refractivity contribution in [3.05, 3.63) is 82.9 Å². The normalized spacial score (nSPS) is 21.6. The van der Waals surface area contributed by atoms with Gasteiger partial charge in [0.25, 0.3) is 5.91 Å². The fourth-order valence-corrected chi connectivity index (χ4v) is 7.30. The molecule has 2 aliphatic rings. The van der Waals surface area contributed by atoms with Crippen LogP contribution in [0.5, 0.6) is 0 Å². The van der Waals surface area contributed by atoms with E-state index in [2.05, 4.69) is 20.8 Å². The number of hydrogen-bond acceptors (Lipinski definition) is 10. The van der Waals surface area contributed by atoms with Crippen LogP contribution in [0.4, 0.5) is 5.13 Å². The number of amides is 3. The molecule has 3 atom stereocenters. The number of halogens is 1. The number of nitrogens with one attached hydrogen (secondary N) is 2. The average Bonchev–Trinajstić information content (AvgIpc) is 3.49. The summed E-state index contributed by atoms with van der Waals surface area (Å²) in [4.78, 5) is 61.2. The molecule has 3 amide bonds. The maximum absolute atomic E-state index is 13.7. The number of thiazole rings is 1. The van der Waals surface area contributed by atoms with Crippen LogP contribution in [0.3, 0.4) is 0 Å². The topological polar surface area (TPSA) is 139 Å². The predicted molar refractivity (Wildman–Crippen MR) is 159 cm³/mol. The van der Waals surface area contributed by atoms with Crippen molar-refractivity contribution >= 4 is 69.7 Å². The summed E-state index contributed by atoms with van der Waals surface area (Å²) in [6.45, 7) is 0.0559. The fraction of sp³-hybridized carbons (Fsp3) is 0.286. The third-order valence-electron chi connectivity index (χ3n) is 6.88. The van der Waals surface area contributed by atoms with Gasteiger partial charge in [-0.15, -0.1) is 34.7 Å². The van der Waals surface area contributed by atoms with Crippen LogP contribution in [0, 0.1) is 5.41 Å². The third-order valence-corrected chi connectivity index (χ3v) is 9.75. The van der Waals surface area contributed by atoms with Crippen LogP contribution < -0.4 is 10.6 Å². The summed E-state index contributed by atoms with van der Waals surface area (Å²) in [7, 11) is 1.28. The van der Waals surface area contributed by atoms with Crippen molar-refractivity contribution in [1.82, 2.24) is 15.2 Å². The first kappa shape index (κ1) is 29.5. The van der Waals surface area contributed by atoms with E-state index in [4.69, 9.17) is 21.2 Å². The molecule has 218 valence electrons. The molecule has 2 fully saturated rings. The Hall–Kier alpha value is -3.94. The lowest BCUT2D eigenvalue weighted by molar-refractivity contribution is -0.164. The molecule has 5 rings (SSSR count). The van der Waals surface area contributed by atoms with Gasteiger partial charge in [0.05, 0.1) is 0 Å². The minimum absolute atomic E-state index is 0.0473. The molecule has 0 aliphatic carbocycles. The quantitative estimate of drug-likeness (QED) is 0.0826. The van der Waals surface area contributed by atoms with E-state index < -0.39 is 34.8 Å². The molecule has 11 nitrogen and oxygen atoms in total. The summed E-state index contributed by atoms with van der Waals surface area (Å²) in [6.07, 6.45) is -0.175. The number of carbonyl (C=O) groups excluding carboxylic acids is 4. The zero-order chi connectivity index (χ0) is 29.7. The van der Waals surface area contributed by atoms with E-state index in [0.29, 0.717) is 6.41 Å². The fourth-order valence-electron chi connectivity index (χ4n) is 4.71. The minimum Gasteiger partial charge on any atom is -0.452 e. The number of rotatable bonds is 11. The lowest BCUT2D eigenvalue weighted by atomic mass is 9.88. The van der Waals surface area contributed by atoms with Gasteiger partial charge < -0.3 is 25.1 Å². The highest BCUT2D eigenvalue weighted by Crippen LogP contribution is 2.44.